The Labute approximate surface area is 180 Å². The second-order valence-corrected chi connectivity index (χ2v) is 8.31. The van der Waals surface area contributed by atoms with Crippen LogP contribution in [-0.2, 0) is 22.6 Å². The minimum absolute atomic E-state index is 0.0959. The Morgan fingerprint density at radius 2 is 1.79 bits per heavy atom. The van der Waals surface area contributed by atoms with E-state index >= 15 is 0 Å². The van der Waals surface area contributed by atoms with E-state index in [0.717, 1.165) is 52.9 Å². The van der Waals surface area contributed by atoms with Gasteiger partial charge in [-0.05, 0) is 46.6 Å². The first kappa shape index (κ1) is 20.0. The quantitative estimate of drug-likeness (QED) is 0.578. The highest BCUT2D eigenvalue weighted by molar-refractivity contribution is 9.10. The number of morpholine rings is 1. The Morgan fingerprint density at radius 1 is 1.10 bits per heavy atom. The Balaban J connectivity index is 1.43. The van der Waals surface area contributed by atoms with Crippen LogP contribution < -0.4 is 4.90 Å². The zero-order valence-electron chi connectivity index (χ0n) is 16.9. The van der Waals surface area contributed by atoms with Crippen molar-refractivity contribution in [3.8, 4) is 0 Å². The van der Waals surface area contributed by atoms with Crippen molar-refractivity contribution in [3.63, 3.8) is 0 Å². The number of anilines is 1. The van der Waals surface area contributed by atoms with E-state index in [2.05, 4.69) is 61.8 Å². The first-order valence-corrected chi connectivity index (χ1v) is 10.7. The first-order chi connectivity index (χ1) is 14.0. The molecule has 29 heavy (non-hydrogen) atoms. The van der Waals surface area contributed by atoms with Crippen molar-refractivity contribution in [2.24, 2.45) is 0 Å². The smallest absolute Gasteiger partial charge is 0.242 e. The number of rotatable bonds is 5. The Kier molecular flexibility index (Phi) is 5.92. The average molecular weight is 456 g/mol. The van der Waals surface area contributed by atoms with Crippen LogP contribution in [0.4, 0.5) is 5.69 Å². The molecule has 1 aliphatic rings. The molecule has 1 saturated heterocycles. The van der Waals surface area contributed by atoms with Gasteiger partial charge in [0.15, 0.2) is 0 Å². The standard InChI is InChI=1S/C23H26BrN3O2/c1-17-23(24)20-5-3-4-6-21(20)27(17)16-22(28)25(2)15-18-7-9-19(10-8-18)26-11-13-29-14-12-26/h3-10H,11-16H2,1-2H3. The largest absolute Gasteiger partial charge is 0.378 e. The minimum Gasteiger partial charge on any atom is -0.378 e. The van der Waals surface area contributed by atoms with E-state index in [-0.39, 0.29) is 5.91 Å². The van der Waals surface area contributed by atoms with E-state index in [1.807, 2.05) is 26.1 Å². The maximum Gasteiger partial charge on any atom is 0.242 e. The van der Waals surface area contributed by atoms with E-state index in [1.54, 1.807) is 4.90 Å². The summed E-state index contributed by atoms with van der Waals surface area (Å²) >= 11 is 3.66. The fourth-order valence-corrected chi connectivity index (χ4v) is 4.39. The van der Waals surface area contributed by atoms with Gasteiger partial charge in [-0.15, -0.1) is 0 Å². The fourth-order valence-electron chi connectivity index (χ4n) is 3.84. The third kappa shape index (κ3) is 4.19. The van der Waals surface area contributed by atoms with Gasteiger partial charge in [-0.3, -0.25) is 4.79 Å². The van der Waals surface area contributed by atoms with Gasteiger partial charge in [0.1, 0.15) is 6.54 Å². The normalized spacial score (nSPS) is 14.4. The Bertz CT molecular complexity index is 1010. The number of carbonyl (C=O) groups is 1. The summed E-state index contributed by atoms with van der Waals surface area (Å²) in [6, 6.07) is 16.7. The maximum absolute atomic E-state index is 12.9. The fraction of sp³-hybridized carbons (Fsp3) is 0.348. The lowest BCUT2D eigenvalue weighted by Crippen LogP contribution is -2.36. The highest BCUT2D eigenvalue weighted by Gasteiger charge is 2.17. The molecule has 0 spiro atoms. The van der Waals surface area contributed by atoms with Crippen molar-refractivity contribution in [2.45, 2.75) is 20.0 Å². The first-order valence-electron chi connectivity index (χ1n) is 9.93. The van der Waals surface area contributed by atoms with Crippen LogP contribution >= 0.6 is 15.9 Å². The lowest BCUT2D eigenvalue weighted by Gasteiger charge is -2.29. The molecule has 1 amide bonds. The number of nitrogens with zero attached hydrogens (tertiary/aromatic N) is 3. The van der Waals surface area contributed by atoms with Crippen molar-refractivity contribution in [1.29, 1.82) is 0 Å². The molecule has 0 bridgehead atoms. The van der Waals surface area contributed by atoms with Crippen LogP contribution in [0.15, 0.2) is 53.0 Å². The molecular weight excluding hydrogens is 430 g/mol. The number of halogens is 1. The lowest BCUT2D eigenvalue weighted by atomic mass is 10.1. The summed E-state index contributed by atoms with van der Waals surface area (Å²) in [7, 11) is 1.87. The molecule has 3 aromatic rings. The number of fused-ring (bicyclic) bond motifs is 1. The number of para-hydroxylation sites is 1. The van der Waals surface area contributed by atoms with E-state index in [4.69, 9.17) is 4.74 Å². The second-order valence-electron chi connectivity index (χ2n) is 7.52. The van der Waals surface area contributed by atoms with Crippen LogP contribution in [-0.4, -0.2) is 48.7 Å². The molecule has 1 fully saturated rings. The van der Waals surface area contributed by atoms with E-state index < -0.39 is 0 Å². The van der Waals surface area contributed by atoms with Gasteiger partial charge in [0.2, 0.25) is 5.91 Å². The summed E-state index contributed by atoms with van der Waals surface area (Å²) in [5, 5.41) is 1.14. The molecule has 0 aliphatic carbocycles. The predicted molar refractivity (Wildman–Crippen MR) is 120 cm³/mol. The summed E-state index contributed by atoms with van der Waals surface area (Å²) in [5.74, 6) is 0.0959. The summed E-state index contributed by atoms with van der Waals surface area (Å²) in [6.45, 7) is 6.39. The molecule has 1 aromatic heterocycles. The van der Waals surface area contributed by atoms with Gasteiger partial charge >= 0.3 is 0 Å². The van der Waals surface area contributed by atoms with E-state index in [9.17, 15) is 4.79 Å². The number of aromatic nitrogens is 1. The van der Waals surface area contributed by atoms with Crippen LogP contribution in [0.25, 0.3) is 10.9 Å². The number of benzene rings is 2. The molecule has 1 aliphatic heterocycles. The zero-order valence-corrected chi connectivity index (χ0v) is 18.5. The van der Waals surface area contributed by atoms with Crippen LogP contribution in [0.5, 0.6) is 0 Å². The lowest BCUT2D eigenvalue weighted by molar-refractivity contribution is -0.131. The summed E-state index contributed by atoms with van der Waals surface area (Å²) in [6.07, 6.45) is 0. The Hall–Kier alpha value is -2.31. The molecule has 2 aromatic carbocycles. The van der Waals surface area contributed by atoms with Crippen molar-refractivity contribution in [1.82, 2.24) is 9.47 Å². The molecule has 2 heterocycles. The maximum atomic E-state index is 12.9. The predicted octanol–water partition coefficient (Wildman–Crippen LogP) is 4.21. The zero-order chi connectivity index (χ0) is 20.4. The highest BCUT2D eigenvalue weighted by Crippen LogP contribution is 2.30. The number of hydrogen-bond donors (Lipinski definition) is 0. The average Bonchev–Trinajstić information content (AvgIpc) is 3.00. The summed E-state index contributed by atoms with van der Waals surface area (Å²) in [4.78, 5) is 17.0. The van der Waals surface area contributed by atoms with Crippen molar-refractivity contribution in [2.75, 3.05) is 38.3 Å². The van der Waals surface area contributed by atoms with Gasteiger partial charge in [0.05, 0.1) is 13.2 Å². The number of likely N-dealkylation sites (N-methyl/N-ethyl adjacent to an activating group) is 1. The van der Waals surface area contributed by atoms with Crippen molar-refractivity contribution < 1.29 is 9.53 Å². The minimum atomic E-state index is 0.0959. The van der Waals surface area contributed by atoms with Crippen LogP contribution in [0.1, 0.15) is 11.3 Å². The molecule has 0 N–H and O–H groups in total. The highest BCUT2D eigenvalue weighted by atomic mass is 79.9. The van der Waals surface area contributed by atoms with Gasteiger partial charge in [-0.25, -0.2) is 0 Å². The third-order valence-corrected chi connectivity index (χ3v) is 6.61. The van der Waals surface area contributed by atoms with Gasteiger partial charge in [0.25, 0.3) is 0 Å². The van der Waals surface area contributed by atoms with E-state index in [0.29, 0.717) is 13.1 Å². The molecule has 5 nitrogen and oxygen atoms in total. The molecule has 0 unspecified atom stereocenters. The molecule has 0 saturated carbocycles. The molecule has 152 valence electrons. The topological polar surface area (TPSA) is 37.7 Å². The van der Waals surface area contributed by atoms with Crippen LogP contribution in [0, 0.1) is 6.92 Å². The third-order valence-electron chi connectivity index (χ3n) is 5.61. The van der Waals surface area contributed by atoms with Crippen LogP contribution in [0.3, 0.4) is 0 Å². The monoisotopic (exact) mass is 455 g/mol. The van der Waals surface area contributed by atoms with Gasteiger partial charge in [-0.2, -0.15) is 0 Å². The van der Waals surface area contributed by atoms with Crippen molar-refractivity contribution >= 4 is 38.4 Å². The molecule has 0 radical (unpaired) electrons. The molecule has 4 rings (SSSR count). The summed E-state index contributed by atoms with van der Waals surface area (Å²) in [5.41, 5.74) is 4.50. The van der Waals surface area contributed by atoms with Crippen LogP contribution in [0.2, 0.25) is 0 Å². The van der Waals surface area contributed by atoms with Gasteiger partial charge < -0.3 is 19.1 Å². The Morgan fingerprint density at radius 3 is 2.52 bits per heavy atom. The summed E-state index contributed by atoms with van der Waals surface area (Å²) < 4.78 is 8.56. The van der Waals surface area contributed by atoms with E-state index in [1.165, 1.54) is 5.69 Å². The van der Waals surface area contributed by atoms with Gasteiger partial charge in [-0.1, -0.05) is 30.3 Å². The number of hydrogen-bond acceptors (Lipinski definition) is 3. The number of ether oxygens (including phenoxy) is 1. The SMILES string of the molecule is Cc1c(Br)c2ccccc2n1CC(=O)N(C)Cc1ccc(N2CCOCC2)cc1. The molecule has 6 heteroatoms. The second kappa shape index (κ2) is 8.59. The molecular formula is C23H26BrN3O2. The number of amides is 1. The molecule has 0 atom stereocenters. The van der Waals surface area contributed by atoms with Gasteiger partial charge in [0, 0.05) is 53.4 Å². The van der Waals surface area contributed by atoms with Crippen molar-refractivity contribution in [3.05, 3.63) is 64.3 Å². The number of carbonyl (C=O) groups excluding carboxylic acids is 1.